The molecule has 1 aliphatic carbocycles. The monoisotopic (exact) mass is 243 g/mol. The van der Waals surface area contributed by atoms with Gasteiger partial charge in [0.2, 0.25) is 0 Å². The Morgan fingerprint density at radius 2 is 2.28 bits per heavy atom. The number of carbonyl (C=O) groups excluding carboxylic acids is 1. The third-order valence-corrected chi connectivity index (χ3v) is 3.84. The number of nitrogens with zero attached hydrogens (tertiary/aromatic N) is 1. The number of aryl methyl sites for hydroxylation is 1. The van der Waals surface area contributed by atoms with Gasteiger partial charge in [-0.25, -0.2) is 0 Å². The fourth-order valence-electron chi connectivity index (χ4n) is 2.54. The molecule has 0 fully saturated rings. The summed E-state index contributed by atoms with van der Waals surface area (Å²) in [5, 5.41) is 8.68. The van der Waals surface area contributed by atoms with Gasteiger partial charge < -0.3 is 4.74 Å². The highest BCUT2D eigenvalue weighted by atomic mass is 16.5. The van der Waals surface area contributed by atoms with Crippen LogP contribution in [0.2, 0.25) is 0 Å². The number of ether oxygens (including phenoxy) is 1. The molecule has 0 aliphatic heterocycles. The number of benzene rings is 1. The van der Waals surface area contributed by atoms with E-state index in [9.17, 15) is 4.79 Å². The van der Waals surface area contributed by atoms with Crippen LogP contribution in [0, 0.1) is 16.7 Å². The normalized spacial score (nSPS) is 22.2. The summed E-state index contributed by atoms with van der Waals surface area (Å²) in [4.78, 5) is 12.5. The molecule has 1 aromatic rings. The van der Waals surface area contributed by atoms with Gasteiger partial charge in [-0.1, -0.05) is 6.92 Å². The molecule has 0 spiro atoms. The smallest absolute Gasteiger partial charge is 0.169 e. The molecule has 1 unspecified atom stereocenters. The molecule has 0 radical (unpaired) electrons. The van der Waals surface area contributed by atoms with E-state index in [0.717, 1.165) is 29.7 Å². The minimum absolute atomic E-state index is 0.168. The van der Waals surface area contributed by atoms with Crippen molar-refractivity contribution >= 4 is 5.78 Å². The van der Waals surface area contributed by atoms with Crippen molar-refractivity contribution in [3.05, 3.63) is 29.3 Å². The number of hydrogen-bond donors (Lipinski definition) is 0. The molecule has 2 rings (SSSR count). The molecule has 3 nitrogen and oxygen atoms in total. The van der Waals surface area contributed by atoms with Crippen LogP contribution in [0.15, 0.2) is 18.2 Å². The van der Waals surface area contributed by atoms with Crippen LogP contribution < -0.4 is 4.74 Å². The maximum Gasteiger partial charge on any atom is 0.169 e. The highest BCUT2D eigenvalue weighted by Crippen LogP contribution is 2.39. The highest BCUT2D eigenvalue weighted by Gasteiger charge is 2.37. The predicted octanol–water partition coefficient (Wildman–Crippen LogP) is 3.13. The molecule has 94 valence electrons. The molecular weight excluding hydrogens is 226 g/mol. The van der Waals surface area contributed by atoms with Crippen LogP contribution in [0.5, 0.6) is 5.75 Å². The summed E-state index contributed by atoms with van der Waals surface area (Å²) in [7, 11) is 1.63. The average Bonchev–Trinajstić information content (AvgIpc) is 2.41. The van der Waals surface area contributed by atoms with E-state index in [0.29, 0.717) is 12.8 Å². The van der Waals surface area contributed by atoms with Gasteiger partial charge in [-0.3, -0.25) is 4.79 Å². The highest BCUT2D eigenvalue weighted by molar-refractivity contribution is 6.02. The molecule has 0 amide bonds. The quantitative estimate of drug-likeness (QED) is 0.819. The van der Waals surface area contributed by atoms with Crippen molar-refractivity contribution in [3.8, 4) is 11.8 Å². The summed E-state index contributed by atoms with van der Waals surface area (Å²) in [6.45, 7) is 1.97. The second-order valence-corrected chi connectivity index (χ2v) is 5.07. The summed E-state index contributed by atoms with van der Waals surface area (Å²) in [5.74, 6) is 0.962. The van der Waals surface area contributed by atoms with E-state index in [1.165, 1.54) is 0 Å². The van der Waals surface area contributed by atoms with E-state index >= 15 is 0 Å². The fourth-order valence-corrected chi connectivity index (χ4v) is 2.54. The number of nitriles is 1. The van der Waals surface area contributed by atoms with Crippen LogP contribution in [0.25, 0.3) is 0 Å². The molecule has 18 heavy (non-hydrogen) atoms. The first-order valence-corrected chi connectivity index (χ1v) is 6.19. The van der Waals surface area contributed by atoms with Gasteiger partial charge in [0.1, 0.15) is 5.75 Å². The zero-order valence-electron chi connectivity index (χ0n) is 10.8. The Balaban J connectivity index is 2.31. The van der Waals surface area contributed by atoms with Gasteiger partial charge in [-0.2, -0.15) is 5.26 Å². The topological polar surface area (TPSA) is 50.1 Å². The van der Waals surface area contributed by atoms with Crippen molar-refractivity contribution in [2.75, 3.05) is 7.11 Å². The largest absolute Gasteiger partial charge is 0.497 e. The van der Waals surface area contributed by atoms with Gasteiger partial charge in [0.15, 0.2) is 5.78 Å². The summed E-state index contributed by atoms with van der Waals surface area (Å²) in [6.07, 6.45) is 2.77. The van der Waals surface area contributed by atoms with E-state index in [-0.39, 0.29) is 11.2 Å². The Labute approximate surface area is 107 Å². The SMILES string of the molecule is COc1ccc2c(c1)CCC(C)(CCC#N)C2=O. The Morgan fingerprint density at radius 1 is 1.50 bits per heavy atom. The first kappa shape index (κ1) is 12.6. The Kier molecular flexibility index (Phi) is 3.38. The average molecular weight is 243 g/mol. The number of ketones is 1. The molecule has 0 saturated heterocycles. The third-order valence-electron chi connectivity index (χ3n) is 3.84. The maximum absolute atomic E-state index is 12.5. The second kappa shape index (κ2) is 4.81. The lowest BCUT2D eigenvalue weighted by atomic mass is 9.69. The minimum atomic E-state index is -0.378. The van der Waals surface area contributed by atoms with Crippen molar-refractivity contribution in [2.45, 2.75) is 32.6 Å². The van der Waals surface area contributed by atoms with Gasteiger partial charge in [0.05, 0.1) is 13.2 Å². The molecule has 0 aromatic heterocycles. The Hall–Kier alpha value is -1.82. The standard InChI is InChI=1S/C15H17NO2/c1-15(7-3-9-16)8-6-11-10-12(18-2)4-5-13(11)14(15)17/h4-5,10H,3,6-8H2,1-2H3. The Bertz CT molecular complexity index is 516. The number of carbonyl (C=O) groups is 1. The first-order chi connectivity index (χ1) is 8.60. The number of rotatable bonds is 3. The van der Waals surface area contributed by atoms with Crippen LogP contribution >= 0.6 is 0 Å². The maximum atomic E-state index is 12.5. The van der Waals surface area contributed by atoms with E-state index in [1.807, 2.05) is 25.1 Å². The number of fused-ring (bicyclic) bond motifs is 1. The van der Waals surface area contributed by atoms with Gasteiger partial charge in [0.25, 0.3) is 0 Å². The lowest BCUT2D eigenvalue weighted by molar-refractivity contribution is 0.0772. The molecule has 0 heterocycles. The zero-order chi connectivity index (χ0) is 13.2. The van der Waals surface area contributed by atoms with E-state index in [4.69, 9.17) is 10.00 Å². The summed E-state index contributed by atoms with van der Waals surface area (Å²) >= 11 is 0. The van der Waals surface area contributed by atoms with Crippen molar-refractivity contribution < 1.29 is 9.53 Å². The first-order valence-electron chi connectivity index (χ1n) is 6.19. The molecule has 3 heteroatoms. The molecule has 0 saturated carbocycles. The minimum Gasteiger partial charge on any atom is -0.497 e. The van der Waals surface area contributed by atoms with Crippen molar-refractivity contribution in [2.24, 2.45) is 5.41 Å². The van der Waals surface area contributed by atoms with E-state index in [2.05, 4.69) is 6.07 Å². The van der Waals surface area contributed by atoms with Crippen molar-refractivity contribution in [1.29, 1.82) is 5.26 Å². The third kappa shape index (κ3) is 2.11. The molecular formula is C15H17NO2. The predicted molar refractivity (Wildman–Crippen MR) is 68.6 cm³/mol. The molecule has 0 N–H and O–H groups in total. The fraction of sp³-hybridized carbons (Fsp3) is 0.467. The summed E-state index contributed by atoms with van der Waals surface area (Å²) in [5.41, 5.74) is 1.48. The Morgan fingerprint density at radius 3 is 2.94 bits per heavy atom. The van der Waals surface area contributed by atoms with Gasteiger partial charge >= 0.3 is 0 Å². The van der Waals surface area contributed by atoms with E-state index in [1.54, 1.807) is 7.11 Å². The van der Waals surface area contributed by atoms with Crippen LogP contribution in [0.4, 0.5) is 0 Å². The van der Waals surface area contributed by atoms with Gasteiger partial charge in [0, 0.05) is 17.4 Å². The van der Waals surface area contributed by atoms with Gasteiger partial charge in [-0.15, -0.1) is 0 Å². The van der Waals surface area contributed by atoms with E-state index < -0.39 is 0 Å². The molecule has 0 bridgehead atoms. The van der Waals surface area contributed by atoms with Crippen LogP contribution in [-0.4, -0.2) is 12.9 Å². The zero-order valence-corrected chi connectivity index (χ0v) is 10.8. The lowest BCUT2D eigenvalue weighted by Gasteiger charge is -2.32. The second-order valence-electron chi connectivity index (χ2n) is 5.07. The molecule has 1 aliphatic rings. The number of hydrogen-bond acceptors (Lipinski definition) is 3. The number of methoxy groups -OCH3 is 1. The molecule has 1 aromatic carbocycles. The van der Waals surface area contributed by atoms with Gasteiger partial charge in [-0.05, 0) is 43.0 Å². The summed E-state index contributed by atoms with van der Waals surface area (Å²) in [6, 6.07) is 7.75. The van der Waals surface area contributed by atoms with Crippen LogP contribution in [0.1, 0.15) is 42.1 Å². The van der Waals surface area contributed by atoms with Crippen LogP contribution in [0.3, 0.4) is 0 Å². The van der Waals surface area contributed by atoms with Crippen molar-refractivity contribution in [3.63, 3.8) is 0 Å². The molecule has 1 atom stereocenters. The lowest BCUT2D eigenvalue weighted by Crippen LogP contribution is -2.33. The number of Topliss-reactive ketones (excluding diaryl/α,β-unsaturated/α-hetero) is 1. The van der Waals surface area contributed by atoms with Crippen molar-refractivity contribution in [1.82, 2.24) is 0 Å². The summed E-state index contributed by atoms with van der Waals surface area (Å²) < 4.78 is 5.18. The van der Waals surface area contributed by atoms with Crippen LogP contribution in [-0.2, 0) is 6.42 Å².